The van der Waals surface area contributed by atoms with Gasteiger partial charge in [0.25, 0.3) is 0 Å². The lowest BCUT2D eigenvalue weighted by Crippen LogP contribution is -2.44. The number of aromatic nitrogens is 2. The molecular weight excluding hydrogens is 358 g/mol. The SMILES string of the molecule is O=c1[nH]c2cc(S(=O)(=O)N3CCCC(Oc4ccncc4)C3)ccc2o1. The van der Waals surface area contributed by atoms with Crippen molar-refractivity contribution < 1.29 is 17.6 Å². The lowest BCUT2D eigenvalue weighted by Gasteiger charge is -2.32. The summed E-state index contributed by atoms with van der Waals surface area (Å²) in [6.45, 7) is 0.698. The van der Waals surface area contributed by atoms with E-state index in [-0.39, 0.29) is 17.5 Å². The Morgan fingerprint density at radius 3 is 2.85 bits per heavy atom. The van der Waals surface area contributed by atoms with Crippen LogP contribution in [0.1, 0.15) is 12.8 Å². The molecule has 3 aromatic rings. The Kier molecular flexibility index (Phi) is 4.25. The molecule has 1 saturated heterocycles. The minimum atomic E-state index is -3.69. The second-order valence-electron chi connectivity index (χ2n) is 6.10. The fourth-order valence-electron chi connectivity index (χ4n) is 3.07. The first-order chi connectivity index (χ1) is 12.5. The van der Waals surface area contributed by atoms with Gasteiger partial charge in [0.05, 0.1) is 17.0 Å². The fourth-order valence-corrected chi connectivity index (χ4v) is 4.61. The van der Waals surface area contributed by atoms with E-state index in [0.29, 0.717) is 29.8 Å². The van der Waals surface area contributed by atoms with Gasteiger partial charge in [0.15, 0.2) is 5.58 Å². The van der Waals surface area contributed by atoms with E-state index >= 15 is 0 Å². The number of H-pyrrole nitrogens is 1. The lowest BCUT2D eigenvalue weighted by atomic mass is 10.1. The topological polar surface area (TPSA) is 106 Å². The molecule has 2 aromatic heterocycles. The quantitative estimate of drug-likeness (QED) is 0.745. The molecule has 26 heavy (non-hydrogen) atoms. The van der Waals surface area contributed by atoms with Crippen LogP contribution in [0.4, 0.5) is 0 Å². The number of fused-ring (bicyclic) bond motifs is 1. The summed E-state index contributed by atoms with van der Waals surface area (Å²) in [6.07, 6.45) is 4.53. The van der Waals surface area contributed by atoms with Gasteiger partial charge >= 0.3 is 5.76 Å². The number of nitrogens with one attached hydrogen (secondary N) is 1. The molecular formula is C17H17N3O5S. The molecule has 0 bridgehead atoms. The molecule has 1 fully saturated rings. The van der Waals surface area contributed by atoms with E-state index in [1.165, 1.54) is 22.5 Å². The second kappa shape index (κ2) is 6.58. The molecule has 0 aliphatic carbocycles. The van der Waals surface area contributed by atoms with Crippen LogP contribution in [0, 0.1) is 0 Å². The number of benzene rings is 1. The molecule has 1 aliphatic rings. The summed E-state index contributed by atoms with van der Waals surface area (Å²) < 4.78 is 38.2. The van der Waals surface area contributed by atoms with Crippen LogP contribution in [0.5, 0.6) is 5.75 Å². The maximum absolute atomic E-state index is 13.0. The average molecular weight is 375 g/mol. The van der Waals surface area contributed by atoms with E-state index in [2.05, 4.69) is 9.97 Å². The van der Waals surface area contributed by atoms with Gasteiger partial charge in [0, 0.05) is 18.9 Å². The maximum atomic E-state index is 13.0. The molecule has 0 radical (unpaired) electrons. The number of hydrogen-bond donors (Lipinski definition) is 1. The second-order valence-corrected chi connectivity index (χ2v) is 8.04. The van der Waals surface area contributed by atoms with E-state index in [4.69, 9.17) is 9.15 Å². The molecule has 9 heteroatoms. The molecule has 0 amide bonds. The van der Waals surface area contributed by atoms with E-state index < -0.39 is 15.8 Å². The van der Waals surface area contributed by atoms with Gasteiger partial charge in [-0.1, -0.05) is 0 Å². The highest BCUT2D eigenvalue weighted by atomic mass is 32.2. The van der Waals surface area contributed by atoms with Gasteiger partial charge in [-0.25, -0.2) is 13.2 Å². The lowest BCUT2D eigenvalue weighted by molar-refractivity contribution is 0.129. The highest BCUT2D eigenvalue weighted by Crippen LogP contribution is 2.25. The molecule has 1 unspecified atom stereocenters. The molecule has 1 aromatic carbocycles. The molecule has 1 N–H and O–H groups in total. The highest BCUT2D eigenvalue weighted by Gasteiger charge is 2.31. The van der Waals surface area contributed by atoms with E-state index in [1.54, 1.807) is 24.5 Å². The van der Waals surface area contributed by atoms with Crippen molar-refractivity contribution in [2.24, 2.45) is 0 Å². The third kappa shape index (κ3) is 3.23. The smallest absolute Gasteiger partial charge is 0.417 e. The van der Waals surface area contributed by atoms with E-state index in [1.807, 2.05) is 0 Å². The molecule has 0 spiro atoms. The standard InChI is InChI=1S/C17H17N3O5S/c21-17-19-15-10-14(3-4-16(15)25-17)26(22,23)20-9-1-2-13(11-20)24-12-5-7-18-8-6-12/h3-8,10,13H,1-2,9,11H2,(H,19,21). The van der Waals surface area contributed by atoms with Crippen molar-refractivity contribution in [1.82, 2.24) is 14.3 Å². The summed E-state index contributed by atoms with van der Waals surface area (Å²) in [6, 6.07) is 7.84. The van der Waals surface area contributed by atoms with Crippen LogP contribution in [-0.2, 0) is 10.0 Å². The first kappa shape index (κ1) is 16.8. The third-order valence-electron chi connectivity index (χ3n) is 4.32. The number of sulfonamides is 1. The summed E-state index contributed by atoms with van der Waals surface area (Å²) in [5, 5.41) is 0. The Morgan fingerprint density at radius 2 is 2.04 bits per heavy atom. The van der Waals surface area contributed by atoms with Crippen molar-refractivity contribution in [3.8, 4) is 5.75 Å². The van der Waals surface area contributed by atoms with Crippen LogP contribution in [0.2, 0.25) is 0 Å². The monoisotopic (exact) mass is 375 g/mol. The van der Waals surface area contributed by atoms with Crippen LogP contribution >= 0.6 is 0 Å². The molecule has 1 aliphatic heterocycles. The van der Waals surface area contributed by atoms with Crippen molar-refractivity contribution in [2.75, 3.05) is 13.1 Å². The van der Waals surface area contributed by atoms with Crippen LogP contribution in [-0.4, -0.2) is 41.9 Å². The van der Waals surface area contributed by atoms with Crippen molar-refractivity contribution in [1.29, 1.82) is 0 Å². The Bertz CT molecular complexity index is 1070. The predicted octanol–water partition coefficient (Wildman–Crippen LogP) is 1.75. The van der Waals surface area contributed by atoms with Crippen LogP contribution in [0.15, 0.2) is 56.8 Å². The Balaban J connectivity index is 1.56. The number of piperidine rings is 1. The normalized spacial score (nSPS) is 18.8. The van der Waals surface area contributed by atoms with Gasteiger partial charge in [0.2, 0.25) is 10.0 Å². The van der Waals surface area contributed by atoms with Crippen molar-refractivity contribution in [3.63, 3.8) is 0 Å². The molecule has 136 valence electrons. The number of rotatable bonds is 4. The molecule has 0 saturated carbocycles. The highest BCUT2D eigenvalue weighted by molar-refractivity contribution is 7.89. The fraction of sp³-hybridized carbons (Fsp3) is 0.294. The zero-order chi connectivity index (χ0) is 18.1. The molecule has 1 atom stereocenters. The number of hydrogen-bond acceptors (Lipinski definition) is 6. The van der Waals surface area contributed by atoms with Gasteiger partial charge in [0.1, 0.15) is 11.9 Å². The number of aromatic amines is 1. The number of oxazole rings is 1. The van der Waals surface area contributed by atoms with Gasteiger partial charge in [-0.15, -0.1) is 0 Å². The summed E-state index contributed by atoms with van der Waals surface area (Å²) in [7, 11) is -3.69. The largest absolute Gasteiger partial charge is 0.489 e. The Morgan fingerprint density at radius 1 is 1.23 bits per heavy atom. The Labute approximate surface area is 149 Å². The molecule has 4 rings (SSSR count). The van der Waals surface area contributed by atoms with E-state index in [9.17, 15) is 13.2 Å². The van der Waals surface area contributed by atoms with Crippen LogP contribution in [0.3, 0.4) is 0 Å². The van der Waals surface area contributed by atoms with E-state index in [0.717, 1.165) is 6.42 Å². The number of pyridine rings is 1. The van der Waals surface area contributed by atoms with Gasteiger partial charge in [-0.3, -0.25) is 9.97 Å². The van der Waals surface area contributed by atoms with Gasteiger partial charge < -0.3 is 9.15 Å². The van der Waals surface area contributed by atoms with Crippen LogP contribution in [0.25, 0.3) is 11.1 Å². The summed E-state index contributed by atoms with van der Waals surface area (Å²) in [5.74, 6) is 0.0555. The number of ether oxygens (including phenoxy) is 1. The van der Waals surface area contributed by atoms with Crippen molar-refractivity contribution >= 4 is 21.1 Å². The van der Waals surface area contributed by atoms with Crippen molar-refractivity contribution in [2.45, 2.75) is 23.8 Å². The first-order valence-corrected chi connectivity index (χ1v) is 9.66. The third-order valence-corrected chi connectivity index (χ3v) is 6.18. The van der Waals surface area contributed by atoms with Crippen molar-refractivity contribution in [3.05, 3.63) is 53.3 Å². The average Bonchev–Trinajstić information content (AvgIpc) is 3.02. The minimum Gasteiger partial charge on any atom is -0.489 e. The molecule has 3 heterocycles. The number of nitrogens with zero attached hydrogens (tertiary/aromatic N) is 2. The summed E-state index contributed by atoms with van der Waals surface area (Å²) in [5.41, 5.74) is 0.684. The zero-order valence-corrected chi connectivity index (χ0v) is 14.6. The molecule has 8 nitrogen and oxygen atoms in total. The minimum absolute atomic E-state index is 0.117. The van der Waals surface area contributed by atoms with Gasteiger partial charge in [-0.05, 0) is 43.2 Å². The Hall–Kier alpha value is -2.65. The summed E-state index contributed by atoms with van der Waals surface area (Å²) in [4.78, 5) is 17.8. The maximum Gasteiger partial charge on any atom is 0.417 e. The zero-order valence-electron chi connectivity index (χ0n) is 13.8. The summed E-state index contributed by atoms with van der Waals surface area (Å²) >= 11 is 0. The predicted molar refractivity (Wildman–Crippen MR) is 93.5 cm³/mol. The first-order valence-electron chi connectivity index (χ1n) is 8.22. The van der Waals surface area contributed by atoms with Gasteiger partial charge in [-0.2, -0.15) is 4.31 Å². The van der Waals surface area contributed by atoms with Crippen LogP contribution < -0.4 is 10.5 Å².